The van der Waals surface area contributed by atoms with Crippen molar-refractivity contribution in [1.82, 2.24) is 5.32 Å². The van der Waals surface area contributed by atoms with E-state index < -0.39 is 0 Å². The molecule has 20 heavy (non-hydrogen) atoms. The van der Waals surface area contributed by atoms with Crippen molar-refractivity contribution in [2.45, 2.75) is 65.8 Å². The molecule has 1 N–H and O–H groups in total. The SMILES string of the molecule is Cc1ccc(C(C)NCCC2CCC(C)CC2)c(C)c1. The summed E-state index contributed by atoms with van der Waals surface area (Å²) >= 11 is 0. The lowest BCUT2D eigenvalue weighted by molar-refractivity contribution is 0.273. The molecule has 1 fully saturated rings. The van der Waals surface area contributed by atoms with Crippen molar-refractivity contribution < 1.29 is 0 Å². The van der Waals surface area contributed by atoms with Gasteiger partial charge < -0.3 is 5.32 Å². The van der Waals surface area contributed by atoms with E-state index in [1.165, 1.54) is 48.8 Å². The molecule has 0 amide bonds. The Morgan fingerprint density at radius 3 is 2.50 bits per heavy atom. The molecule has 1 aliphatic carbocycles. The topological polar surface area (TPSA) is 12.0 Å². The Hall–Kier alpha value is -0.820. The van der Waals surface area contributed by atoms with Gasteiger partial charge in [0.1, 0.15) is 0 Å². The second-order valence-corrected chi connectivity index (χ2v) is 6.95. The monoisotopic (exact) mass is 273 g/mol. The van der Waals surface area contributed by atoms with Crippen molar-refractivity contribution >= 4 is 0 Å². The van der Waals surface area contributed by atoms with Gasteiger partial charge in [-0.2, -0.15) is 0 Å². The minimum Gasteiger partial charge on any atom is -0.310 e. The fourth-order valence-electron chi connectivity index (χ4n) is 3.54. The van der Waals surface area contributed by atoms with Gasteiger partial charge in [0.2, 0.25) is 0 Å². The fraction of sp³-hybridized carbons (Fsp3) is 0.684. The normalized spacial score (nSPS) is 24.6. The zero-order chi connectivity index (χ0) is 14.5. The first-order valence-corrected chi connectivity index (χ1v) is 8.36. The van der Waals surface area contributed by atoms with Crippen LogP contribution in [0, 0.1) is 25.7 Å². The molecule has 0 aliphatic heterocycles. The average molecular weight is 273 g/mol. The van der Waals surface area contributed by atoms with Gasteiger partial charge in [0.05, 0.1) is 0 Å². The van der Waals surface area contributed by atoms with Gasteiger partial charge in [0.15, 0.2) is 0 Å². The molecule has 0 bridgehead atoms. The van der Waals surface area contributed by atoms with Crippen LogP contribution in [0.15, 0.2) is 18.2 Å². The van der Waals surface area contributed by atoms with E-state index in [9.17, 15) is 0 Å². The van der Waals surface area contributed by atoms with Crippen molar-refractivity contribution in [3.05, 3.63) is 34.9 Å². The summed E-state index contributed by atoms with van der Waals surface area (Å²) in [6, 6.07) is 7.27. The Labute approximate surface area is 125 Å². The van der Waals surface area contributed by atoms with Crippen molar-refractivity contribution in [3.63, 3.8) is 0 Å². The van der Waals surface area contributed by atoms with Gasteiger partial charge in [-0.05, 0) is 56.7 Å². The summed E-state index contributed by atoms with van der Waals surface area (Å²) in [6.07, 6.45) is 7.12. The highest BCUT2D eigenvalue weighted by Crippen LogP contribution is 2.30. The van der Waals surface area contributed by atoms with E-state index in [1.54, 1.807) is 0 Å². The van der Waals surface area contributed by atoms with Crippen LogP contribution in [0.3, 0.4) is 0 Å². The highest BCUT2D eigenvalue weighted by Gasteiger charge is 2.18. The Bertz CT molecular complexity index is 416. The molecule has 1 aliphatic rings. The molecule has 1 atom stereocenters. The van der Waals surface area contributed by atoms with Crippen LogP contribution >= 0.6 is 0 Å². The Kier molecular flexibility index (Phi) is 5.65. The maximum Gasteiger partial charge on any atom is 0.0294 e. The predicted molar refractivity (Wildman–Crippen MR) is 88.1 cm³/mol. The van der Waals surface area contributed by atoms with Crippen LogP contribution in [-0.2, 0) is 0 Å². The van der Waals surface area contributed by atoms with Gasteiger partial charge >= 0.3 is 0 Å². The molecule has 0 heterocycles. The van der Waals surface area contributed by atoms with Gasteiger partial charge in [0, 0.05) is 6.04 Å². The number of hydrogen-bond donors (Lipinski definition) is 1. The first-order chi connectivity index (χ1) is 9.56. The van der Waals surface area contributed by atoms with Crippen LogP contribution in [0.1, 0.15) is 68.7 Å². The summed E-state index contributed by atoms with van der Waals surface area (Å²) in [7, 11) is 0. The largest absolute Gasteiger partial charge is 0.310 e. The van der Waals surface area contributed by atoms with Gasteiger partial charge in [-0.25, -0.2) is 0 Å². The zero-order valence-corrected chi connectivity index (χ0v) is 13.7. The van der Waals surface area contributed by atoms with E-state index in [4.69, 9.17) is 0 Å². The van der Waals surface area contributed by atoms with E-state index in [1.807, 2.05) is 0 Å². The van der Waals surface area contributed by atoms with E-state index in [0.29, 0.717) is 6.04 Å². The third-order valence-electron chi connectivity index (χ3n) is 5.03. The Morgan fingerprint density at radius 1 is 1.15 bits per heavy atom. The summed E-state index contributed by atoms with van der Waals surface area (Å²) in [4.78, 5) is 0. The molecule has 1 aromatic rings. The first-order valence-electron chi connectivity index (χ1n) is 8.36. The smallest absolute Gasteiger partial charge is 0.0294 e. The lowest BCUT2D eigenvalue weighted by Gasteiger charge is -2.27. The second-order valence-electron chi connectivity index (χ2n) is 6.95. The number of nitrogens with one attached hydrogen (secondary N) is 1. The molecule has 0 aromatic heterocycles. The predicted octanol–water partition coefficient (Wildman–Crippen LogP) is 5.17. The van der Waals surface area contributed by atoms with Crippen LogP contribution in [0.2, 0.25) is 0 Å². The zero-order valence-electron chi connectivity index (χ0n) is 13.7. The third-order valence-corrected chi connectivity index (χ3v) is 5.03. The van der Waals surface area contributed by atoms with E-state index in [0.717, 1.165) is 18.4 Å². The second kappa shape index (κ2) is 7.26. The molecule has 1 heteroatoms. The highest BCUT2D eigenvalue weighted by molar-refractivity contribution is 5.32. The quantitative estimate of drug-likeness (QED) is 0.780. The highest BCUT2D eigenvalue weighted by atomic mass is 14.9. The van der Waals surface area contributed by atoms with Crippen LogP contribution < -0.4 is 5.32 Å². The number of aryl methyl sites for hydroxylation is 2. The van der Waals surface area contributed by atoms with Crippen molar-refractivity contribution in [3.8, 4) is 0 Å². The van der Waals surface area contributed by atoms with E-state index >= 15 is 0 Å². The number of benzene rings is 1. The maximum atomic E-state index is 3.72. The molecule has 1 saturated carbocycles. The number of hydrogen-bond acceptors (Lipinski definition) is 1. The minimum atomic E-state index is 0.470. The summed E-state index contributed by atoms with van der Waals surface area (Å²) in [6.45, 7) is 10.2. The van der Waals surface area contributed by atoms with Gasteiger partial charge in [-0.15, -0.1) is 0 Å². The Balaban J connectivity index is 1.76. The van der Waals surface area contributed by atoms with Crippen LogP contribution in [0.4, 0.5) is 0 Å². The maximum absolute atomic E-state index is 3.72. The van der Waals surface area contributed by atoms with Crippen LogP contribution in [0.5, 0.6) is 0 Å². The summed E-state index contributed by atoms with van der Waals surface area (Å²) in [5.41, 5.74) is 4.22. The molecule has 0 saturated heterocycles. The van der Waals surface area contributed by atoms with Crippen molar-refractivity contribution in [2.24, 2.45) is 11.8 Å². The van der Waals surface area contributed by atoms with E-state index in [2.05, 4.69) is 51.2 Å². The summed E-state index contributed by atoms with van der Waals surface area (Å²) in [5, 5.41) is 3.72. The molecular formula is C19H31N. The Morgan fingerprint density at radius 2 is 1.85 bits per heavy atom. The van der Waals surface area contributed by atoms with Gasteiger partial charge in [0.25, 0.3) is 0 Å². The number of rotatable bonds is 5. The molecule has 1 unspecified atom stereocenters. The molecule has 2 rings (SSSR count). The molecule has 0 spiro atoms. The van der Waals surface area contributed by atoms with Crippen LogP contribution in [-0.4, -0.2) is 6.54 Å². The van der Waals surface area contributed by atoms with E-state index in [-0.39, 0.29) is 0 Å². The lowest BCUT2D eigenvalue weighted by Crippen LogP contribution is -2.24. The fourth-order valence-corrected chi connectivity index (χ4v) is 3.54. The molecular weight excluding hydrogens is 242 g/mol. The van der Waals surface area contributed by atoms with Crippen LogP contribution in [0.25, 0.3) is 0 Å². The lowest BCUT2D eigenvalue weighted by atomic mass is 9.81. The summed E-state index contributed by atoms with van der Waals surface area (Å²) in [5.74, 6) is 1.93. The molecule has 1 nitrogen and oxygen atoms in total. The molecule has 1 aromatic carbocycles. The van der Waals surface area contributed by atoms with Gasteiger partial charge in [-0.1, -0.05) is 56.4 Å². The van der Waals surface area contributed by atoms with Crippen molar-refractivity contribution in [1.29, 1.82) is 0 Å². The third kappa shape index (κ3) is 4.34. The van der Waals surface area contributed by atoms with Crippen molar-refractivity contribution in [2.75, 3.05) is 6.54 Å². The minimum absolute atomic E-state index is 0.470. The van der Waals surface area contributed by atoms with Gasteiger partial charge in [-0.3, -0.25) is 0 Å². The summed E-state index contributed by atoms with van der Waals surface area (Å²) < 4.78 is 0. The molecule has 112 valence electrons. The molecule has 0 radical (unpaired) electrons. The average Bonchev–Trinajstić information content (AvgIpc) is 2.41. The standard InChI is InChI=1S/C19H31N/c1-14-5-8-18(9-6-14)11-12-20-17(4)19-10-7-15(2)13-16(19)3/h7,10,13-14,17-18,20H,5-6,8-9,11-12H2,1-4H3. The first kappa shape index (κ1) is 15.6.